The minimum absolute atomic E-state index is 0.0144. The molecule has 27 heavy (non-hydrogen) atoms. The Balaban J connectivity index is 1.34. The van der Waals surface area contributed by atoms with Crippen LogP contribution in [-0.4, -0.2) is 57.3 Å². The highest BCUT2D eigenvalue weighted by atomic mass is 16.6. The van der Waals surface area contributed by atoms with Crippen molar-refractivity contribution in [2.75, 3.05) is 20.2 Å². The summed E-state index contributed by atoms with van der Waals surface area (Å²) in [7, 11) is 1.72. The maximum absolute atomic E-state index is 12.5. The van der Waals surface area contributed by atoms with Gasteiger partial charge >= 0.3 is 0 Å². The number of aromatic nitrogens is 4. The summed E-state index contributed by atoms with van der Waals surface area (Å²) in [5, 5.41) is 12.2. The lowest BCUT2D eigenvalue weighted by atomic mass is 10.2. The summed E-state index contributed by atoms with van der Waals surface area (Å²) < 4.78 is 11.6. The Labute approximate surface area is 156 Å². The van der Waals surface area contributed by atoms with E-state index in [1.54, 1.807) is 11.9 Å². The predicted octanol–water partition coefficient (Wildman–Crippen LogP) is 1.64. The van der Waals surface area contributed by atoms with E-state index in [2.05, 4.69) is 15.4 Å². The second-order valence-corrected chi connectivity index (χ2v) is 6.28. The standard InChI is InChI=1S/C19H19N5O3/c1-23(11-15-13-26-16-9-5-6-10-17(16)27-15)18(25)12-24-21-19(20-22-24)14-7-3-2-4-8-14/h2-10,15H,11-13H2,1H3/t15-/m0/s1. The third-order valence-electron chi connectivity index (χ3n) is 4.23. The molecule has 1 aromatic heterocycles. The van der Waals surface area contributed by atoms with Crippen molar-refractivity contribution < 1.29 is 14.3 Å². The number of tetrazole rings is 1. The van der Waals surface area contributed by atoms with Gasteiger partial charge < -0.3 is 14.4 Å². The molecule has 8 heteroatoms. The Hall–Kier alpha value is -3.42. The van der Waals surface area contributed by atoms with Crippen molar-refractivity contribution in [1.82, 2.24) is 25.1 Å². The summed E-state index contributed by atoms with van der Waals surface area (Å²) >= 11 is 0. The number of nitrogens with zero attached hydrogens (tertiary/aromatic N) is 5. The molecule has 0 saturated carbocycles. The van der Waals surface area contributed by atoms with Gasteiger partial charge in [-0.2, -0.15) is 4.80 Å². The molecule has 1 aliphatic heterocycles. The highest BCUT2D eigenvalue weighted by Crippen LogP contribution is 2.30. The van der Waals surface area contributed by atoms with Crippen LogP contribution in [0.25, 0.3) is 11.4 Å². The molecule has 0 fully saturated rings. The van der Waals surface area contributed by atoms with Gasteiger partial charge in [-0.05, 0) is 17.3 Å². The Morgan fingerprint density at radius 1 is 1.15 bits per heavy atom. The number of ether oxygens (including phenoxy) is 2. The molecular weight excluding hydrogens is 346 g/mol. The van der Waals surface area contributed by atoms with Gasteiger partial charge in [0, 0.05) is 12.6 Å². The Bertz CT molecular complexity index is 928. The van der Waals surface area contributed by atoms with Crippen LogP contribution in [0, 0.1) is 0 Å². The fourth-order valence-electron chi connectivity index (χ4n) is 2.82. The van der Waals surface area contributed by atoms with Crippen LogP contribution in [0.3, 0.4) is 0 Å². The zero-order chi connectivity index (χ0) is 18.6. The Morgan fingerprint density at radius 3 is 2.70 bits per heavy atom. The number of fused-ring (bicyclic) bond motifs is 1. The van der Waals surface area contributed by atoms with Gasteiger partial charge in [0.1, 0.15) is 13.2 Å². The van der Waals surface area contributed by atoms with E-state index in [0.717, 1.165) is 11.3 Å². The second-order valence-electron chi connectivity index (χ2n) is 6.28. The molecule has 138 valence electrons. The van der Waals surface area contributed by atoms with Gasteiger partial charge in [-0.1, -0.05) is 42.5 Å². The number of amides is 1. The summed E-state index contributed by atoms with van der Waals surface area (Å²) in [6.07, 6.45) is -0.225. The van der Waals surface area contributed by atoms with Gasteiger partial charge in [0.05, 0.1) is 6.54 Å². The van der Waals surface area contributed by atoms with Crippen LogP contribution in [0.2, 0.25) is 0 Å². The van der Waals surface area contributed by atoms with E-state index in [-0.39, 0.29) is 18.6 Å². The molecule has 4 rings (SSSR count). The van der Waals surface area contributed by atoms with E-state index in [1.165, 1.54) is 4.80 Å². The first-order valence-electron chi connectivity index (χ1n) is 8.65. The van der Waals surface area contributed by atoms with Crippen molar-refractivity contribution in [2.45, 2.75) is 12.6 Å². The summed E-state index contributed by atoms with van der Waals surface area (Å²) in [5.74, 6) is 1.78. The smallest absolute Gasteiger partial charge is 0.246 e. The molecule has 2 aromatic carbocycles. The number of carbonyl (C=O) groups is 1. The fraction of sp³-hybridized carbons (Fsp3) is 0.263. The number of hydrogen-bond acceptors (Lipinski definition) is 6. The molecule has 0 spiro atoms. The first-order valence-corrected chi connectivity index (χ1v) is 8.65. The molecule has 2 heterocycles. The second kappa shape index (κ2) is 7.45. The zero-order valence-electron chi connectivity index (χ0n) is 14.9. The Morgan fingerprint density at radius 2 is 1.89 bits per heavy atom. The molecule has 3 aromatic rings. The average Bonchev–Trinajstić information content (AvgIpc) is 3.17. The number of benzene rings is 2. The van der Waals surface area contributed by atoms with E-state index >= 15 is 0 Å². The van der Waals surface area contributed by atoms with Crippen molar-refractivity contribution in [1.29, 1.82) is 0 Å². The largest absolute Gasteiger partial charge is 0.486 e. The molecule has 0 unspecified atom stereocenters. The molecule has 0 bridgehead atoms. The van der Waals surface area contributed by atoms with Crippen LogP contribution in [0.1, 0.15) is 0 Å². The normalized spacial score (nSPS) is 15.4. The van der Waals surface area contributed by atoms with E-state index in [4.69, 9.17) is 9.47 Å². The van der Waals surface area contributed by atoms with E-state index in [0.29, 0.717) is 24.7 Å². The van der Waals surface area contributed by atoms with Gasteiger partial charge in [0.2, 0.25) is 11.7 Å². The molecule has 1 aliphatic rings. The highest BCUT2D eigenvalue weighted by molar-refractivity contribution is 5.75. The topological polar surface area (TPSA) is 82.4 Å². The third-order valence-corrected chi connectivity index (χ3v) is 4.23. The number of para-hydroxylation sites is 2. The van der Waals surface area contributed by atoms with Crippen molar-refractivity contribution in [2.24, 2.45) is 0 Å². The highest BCUT2D eigenvalue weighted by Gasteiger charge is 2.24. The zero-order valence-corrected chi connectivity index (χ0v) is 14.9. The fourth-order valence-corrected chi connectivity index (χ4v) is 2.82. The lowest BCUT2D eigenvalue weighted by Crippen LogP contribution is -2.43. The molecule has 0 saturated heterocycles. The van der Waals surface area contributed by atoms with Gasteiger partial charge in [-0.15, -0.1) is 10.2 Å². The van der Waals surface area contributed by atoms with Crippen LogP contribution in [0.4, 0.5) is 0 Å². The number of rotatable bonds is 5. The number of carbonyl (C=O) groups excluding carboxylic acids is 1. The number of likely N-dealkylation sites (N-methyl/N-ethyl adjacent to an activating group) is 1. The van der Waals surface area contributed by atoms with Crippen LogP contribution in [0.5, 0.6) is 11.5 Å². The number of hydrogen-bond donors (Lipinski definition) is 0. The molecule has 1 atom stereocenters. The summed E-state index contributed by atoms with van der Waals surface area (Å²) in [6.45, 7) is 0.822. The summed E-state index contributed by atoms with van der Waals surface area (Å²) in [6, 6.07) is 17.0. The summed E-state index contributed by atoms with van der Waals surface area (Å²) in [5.41, 5.74) is 0.857. The lowest BCUT2D eigenvalue weighted by Gasteiger charge is -2.29. The first kappa shape index (κ1) is 17.0. The van der Waals surface area contributed by atoms with E-state index in [9.17, 15) is 4.79 Å². The first-order chi connectivity index (χ1) is 13.2. The van der Waals surface area contributed by atoms with Gasteiger partial charge in [-0.25, -0.2) is 0 Å². The SMILES string of the molecule is CN(C[C@H]1COc2ccccc2O1)C(=O)Cn1nnc(-c2ccccc2)n1. The maximum Gasteiger partial charge on any atom is 0.246 e. The van der Waals surface area contributed by atoms with Crippen LogP contribution < -0.4 is 9.47 Å². The van der Waals surface area contributed by atoms with Crippen molar-refractivity contribution in [3.05, 3.63) is 54.6 Å². The minimum Gasteiger partial charge on any atom is -0.486 e. The van der Waals surface area contributed by atoms with Crippen molar-refractivity contribution in [3.63, 3.8) is 0 Å². The third kappa shape index (κ3) is 3.89. The quantitative estimate of drug-likeness (QED) is 0.684. The molecular formula is C19H19N5O3. The summed E-state index contributed by atoms with van der Waals surface area (Å²) in [4.78, 5) is 15.4. The maximum atomic E-state index is 12.5. The van der Waals surface area contributed by atoms with Crippen molar-refractivity contribution >= 4 is 5.91 Å². The lowest BCUT2D eigenvalue weighted by molar-refractivity contribution is -0.132. The van der Waals surface area contributed by atoms with E-state index < -0.39 is 0 Å². The molecule has 1 amide bonds. The predicted molar refractivity (Wildman–Crippen MR) is 97.2 cm³/mol. The average molecular weight is 365 g/mol. The molecule has 8 nitrogen and oxygen atoms in total. The monoisotopic (exact) mass is 365 g/mol. The van der Waals surface area contributed by atoms with Gasteiger partial charge in [0.25, 0.3) is 0 Å². The van der Waals surface area contributed by atoms with Crippen LogP contribution in [0.15, 0.2) is 54.6 Å². The van der Waals surface area contributed by atoms with E-state index in [1.807, 2.05) is 54.6 Å². The van der Waals surface area contributed by atoms with Crippen LogP contribution >= 0.6 is 0 Å². The van der Waals surface area contributed by atoms with Crippen molar-refractivity contribution in [3.8, 4) is 22.9 Å². The molecule has 0 N–H and O–H groups in total. The van der Waals surface area contributed by atoms with Crippen LogP contribution in [-0.2, 0) is 11.3 Å². The van der Waals surface area contributed by atoms with Gasteiger partial charge in [-0.3, -0.25) is 4.79 Å². The minimum atomic E-state index is -0.225. The molecule has 0 radical (unpaired) electrons. The molecule has 0 aliphatic carbocycles. The Kier molecular flexibility index (Phi) is 4.69. The van der Waals surface area contributed by atoms with Gasteiger partial charge in [0.15, 0.2) is 17.6 Å².